The van der Waals surface area contributed by atoms with Crippen molar-refractivity contribution in [3.8, 4) is 11.8 Å². The maximum Gasteiger partial charge on any atom is 0.261 e. The van der Waals surface area contributed by atoms with Crippen molar-refractivity contribution >= 4 is 5.91 Å². The molecule has 2 fully saturated rings. The van der Waals surface area contributed by atoms with E-state index in [4.69, 9.17) is 10.00 Å². The van der Waals surface area contributed by atoms with E-state index in [0.717, 1.165) is 19.3 Å². The Hall–Kier alpha value is -2.06. The van der Waals surface area contributed by atoms with E-state index in [0.29, 0.717) is 23.1 Å². The third-order valence-corrected chi connectivity index (χ3v) is 5.25. The number of benzene rings is 1. The molecule has 0 heterocycles. The second-order valence-corrected chi connectivity index (χ2v) is 6.61. The highest BCUT2D eigenvalue weighted by molar-refractivity contribution is 5.81. The molecule has 0 aliphatic heterocycles. The van der Waals surface area contributed by atoms with Crippen LogP contribution in [0.4, 0.5) is 0 Å². The van der Waals surface area contributed by atoms with Gasteiger partial charge in [0.05, 0.1) is 11.6 Å². The van der Waals surface area contributed by atoms with Gasteiger partial charge in [-0.1, -0.05) is 6.07 Å². The molecule has 1 aromatic carbocycles. The number of ether oxygens (including phenoxy) is 1. The van der Waals surface area contributed by atoms with Crippen LogP contribution >= 0.6 is 0 Å². The summed E-state index contributed by atoms with van der Waals surface area (Å²) in [6.45, 7) is 1.83. The predicted octanol–water partition coefficient (Wildman–Crippen LogP) is 1.85. The minimum absolute atomic E-state index is 0.0581. The second kappa shape index (κ2) is 6.59. The molecule has 2 aliphatic carbocycles. The molecule has 122 valence electrons. The summed E-state index contributed by atoms with van der Waals surface area (Å²) < 4.78 is 5.65. The molecule has 2 aliphatic rings. The molecule has 0 radical (unpaired) electrons. The van der Waals surface area contributed by atoms with Crippen molar-refractivity contribution < 1.29 is 14.6 Å². The van der Waals surface area contributed by atoms with Crippen LogP contribution in [0.2, 0.25) is 0 Å². The van der Waals surface area contributed by atoms with Crippen molar-refractivity contribution in [2.24, 2.45) is 17.8 Å². The number of nitrogens with zero attached hydrogens (tertiary/aromatic N) is 1. The lowest BCUT2D eigenvalue weighted by atomic mass is 9.85. The Morgan fingerprint density at radius 1 is 1.48 bits per heavy atom. The largest absolute Gasteiger partial charge is 0.481 e. The number of carbonyl (C=O) groups is 1. The number of aliphatic hydroxyl groups is 1. The number of nitriles is 1. The number of carbonyl (C=O) groups excluding carboxylic acids is 1. The average molecular weight is 314 g/mol. The maximum absolute atomic E-state index is 12.4. The number of hydrogen-bond donors (Lipinski definition) is 2. The summed E-state index contributed by atoms with van der Waals surface area (Å²) in [6.07, 6.45) is 2.76. The molecule has 0 spiro atoms. The lowest BCUT2D eigenvalue weighted by Crippen LogP contribution is -2.49. The Morgan fingerprint density at radius 2 is 2.26 bits per heavy atom. The average Bonchev–Trinajstić information content (AvgIpc) is 3.16. The predicted molar refractivity (Wildman–Crippen MR) is 84.6 cm³/mol. The topological polar surface area (TPSA) is 82.3 Å². The maximum atomic E-state index is 12.4. The Balaban J connectivity index is 1.60. The minimum Gasteiger partial charge on any atom is -0.481 e. The van der Waals surface area contributed by atoms with Crippen LogP contribution in [0.15, 0.2) is 24.3 Å². The molecule has 5 nitrogen and oxygen atoms in total. The SMILES string of the molecule is CC(Oc1cccc(C#N)c1)C(=O)NC1C2CCC(C2)C1CO. The highest BCUT2D eigenvalue weighted by Gasteiger charge is 2.47. The number of fused-ring (bicyclic) bond motifs is 2. The van der Waals surface area contributed by atoms with E-state index in [1.165, 1.54) is 0 Å². The highest BCUT2D eigenvalue weighted by atomic mass is 16.5. The van der Waals surface area contributed by atoms with Gasteiger partial charge >= 0.3 is 0 Å². The third kappa shape index (κ3) is 3.18. The van der Waals surface area contributed by atoms with Crippen molar-refractivity contribution in [1.29, 1.82) is 5.26 Å². The Bertz CT molecular complexity index is 625. The number of amides is 1. The summed E-state index contributed by atoms with van der Waals surface area (Å²) >= 11 is 0. The van der Waals surface area contributed by atoms with Crippen LogP contribution in [0.1, 0.15) is 31.7 Å². The van der Waals surface area contributed by atoms with Crippen molar-refractivity contribution in [2.45, 2.75) is 38.3 Å². The number of aliphatic hydroxyl groups excluding tert-OH is 1. The fourth-order valence-electron chi connectivity index (χ4n) is 4.08. The summed E-state index contributed by atoms with van der Waals surface area (Å²) in [6, 6.07) is 8.89. The standard InChI is InChI=1S/C18H22N2O3/c1-11(23-15-4-2-3-12(7-15)9-19)18(22)20-17-14-6-5-13(8-14)16(17)10-21/h2-4,7,11,13-14,16-17,21H,5-6,8,10H2,1H3,(H,20,22). The molecular weight excluding hydrogens is 292 g/mol. The quantitative estimate of drug-likeness (QED) is 0.869. The first-order valence-electron chi connectivity index (χ1n) is 8.20. The summed E-state index contributed by atoms with van der Waals surface area (Å²) in [5.41, 5.74) is 0.503. The molecule has 5 unspecified atom stereocenters. The van der Waals surface area contributed by atoms with Gasteiger partial charge in [-0.05, 0) is 56.2 Å². The van der Waals surface area contributed by atoms with E-state index in [2.05, 4.69) is 11.4 Å². The zero-order valence-electron chi connectivity index (χ0n) is 13.2. The van der Waals surface area contributed by atoms with E-state index in [-0.39, 0.29) is 24.5 Å². The summed E-state index contributed by atoms with van der Waals surface area (Å²) in [4.78, 5) is 12.4. The van der Waals surface area contributed by atoms with E-state index in [1.54, 1.807) is 31.2 Å². The van der Waals surface area contributed by atoms with E-state index in [1.807, 2.05) is 0 Å². The molecule has 5 atom stereocenters. The van der Waals surface area contributed by atoms with Crippen molar-refractivity contribution in [2.75, 3.05) is 6.61 Å². The Labute approximate surface area is 136 Å². The van der Waals surface area contributed by atoms with Crippen LogP contribution in [0.5, 0.6) is 5.75 Å². The van der Waals surface area contributed by atoms with Crippen LogP contribution in [0.25, 0.3) is 0 Å². The van der Waals surface area contributed by atoms with E-state index in [9.17, 15) is 9.90 Å². The minimum atomic E-state index is -0.637. The monoisotopic (exact) mass is 314 g/mol. The first-order valence-corrected chi connectivity index (χ1v) is 8.20. The molecule has 3 rings (SSSR count). The normalized spacial score (nSPS) is 29.8. The van der Waals surface area contributed by atoms with Crippen molar-refractivity contribution in [3.05, 3.63) is 29.8 Å². The van der Waals surface area contributed by atoms with Crippen molar-refractivity contribution in [1.82, 2.24) is 5.32 Å². The fourth-order valence-corrected chi connectivity index (χ4v) is 4.08. The second-order valence-electron chi connectivity index (χ2n) is 6.61. The van der Waals surface area contributed by atoms with Gasteiger partial charge in [-0.2, -0.15) is 5.26 Å². The van der Waals surface area contributed by atoms with Gasteiger partial charge in [0.25, 0.3) is 5.91 Å². The molecule has 1 amide bonds. The van der Waals surface area contributed by atoms with Crippen LogP contribution in [-0.4, -0.2) is 29.8 Å². The Morgan fingerprint density at radius 3 is 3.00 bits per heavy atom. The highest BCUT2D eigenvalue weighted by Crippen LogP contribution is 2.48. The zero-order chi connectivity index (χ0) is 16.4. The third-order valence-electron chi connectivity index (χ3n) is 5.25. The van der Waals surface area contributed by atoms with Gasteiger partial charge in [-0.25, -0.2) is 0 Å². The molecule has 23 heavy (non-hydrogen) atoms. The van der Waals surface area contributed by atoms with Gasteiger partial charge in [0.1, 0.15) is 5.75 Å². The first-order chi connectivity index (χ1) is 11.1. The smallest absolute Gasteiger partial charge is 0.261 e. The lowest BCUT2D eigenvalue weighted by molar-refractivity contribution is -0.128. The van der Waals surface area contributed by atoms with Gasteiger partial charge in [-0.3, -0.25) is 4.79 Å². The lowest BCUT2D eigenvalue weighted by Gasteiger charge is -2.31. The molecule has 0 saturated heterocycles. The number of hydrogen-bond acceptors (Lipinski definition) is 4. The van der Waals surface area contributed by atoms with Gasteiger partial charge in [0.15, 0.2) is 6.10 Å². The molecule has 1 aromatic rings. The summed E-state index contributed by atoms with van der Waals surface area (Å²) in [5.74, 6) is 1.54. The molecule has 5 heteroatoms. The molecule has 2 saturated carbocycles. The molecular formula is C18H22N2O3. The molecule has 0 aromatic heterocycles. The first kappa shape index (κ1) is 15.8. The van der Waals surface area contributed by atoms with Gasteiger partial charge in [0, 0.05) is 18.6 Å². The van der Waals surface area contributed by atoms with Crippen LogP contribution < -0.4 is 10.1 Å². The molecule has 2 bridgehead atoms. The zero-order valence-corrected chi connectivity index (χ0v) is 13.2. The van der Waals surface area contributed by atoms with Crippen LogP contribution in [-0.2, 0) is 4.79 Å². The number of rotatable bonds is 5. The fraction of sp³-hybridized carbons (Fsp3) is 0.556. The van der Waals surface area contributed by atoms with E-state index < -0.39 is 6.10 Å². The van der Waals surface area contributed by atoms with E-state index >= 15 is 0 Å². The number of nitrogens with one attached hydrogen (secondary N) is 1. The van der Waals surface area contributed by atoms with Gasteiger partial charge in [-0.15, -0.1) is 0 Å². The van der Waals surface area contributed by atoms with Crippen LogP contribution in [0, 0.1) is 29.1 Å². The summed E-state index contributed by atoms with van der Waals surface area (Å²) in [7, 11) is 0. The van der Waals surface area contributed by atoms with Crippen LogP contribution in [0.3, 0.4) is 0 Å². The van der Waals surface area contributed by atoms with Gasteiger partial charge in [0.2, 0.25) is 0 Å². The Kier molecular flexibility index (Phi) is 4.53. The van der Waals surface area contributed by atoms with Gasteiger partial charge < -0.3 is 15.2 Å². The van der Waals surface area contributed by atoms with Crippen molar-refractivity contribution in [3.63, 3.8) is 0 Å². The summed E-state index contributed by atoms with van der Waals surface area (Å²) in [5, 5.41) is 21.6. The molecule has 2 N–H and O–H groups in total.